The largest absolute Gasteiger partial charge is 0.303 e. The van der Waals surface area contributed by atoms with Crippen molar-refractivity contribution in [3.8, 4) is 11.4 Å². The zero-order chi connectivity index (χ0) is 15.5. The molecule has 0 unspecified atom stereocenters. The molecule has 0 aliphatic carbocycles. The number of aromatic nitrogens is 3. The number of piperidine rings is 1. The summed E-state index contributed by atoms with van der Waals surface area (Å²) in [5.41, 5.74) is 1.11. The lowest BCUT2D eigenvalue weighted by Gasteiger charge is -2.34. The molecule has 1 aromatic carbocycles. The zero-order valence-corrected chi connectivity index (χ0v) is 14.2. The SMILES string of the molecule is CC[C@H]1CCCCN1Cn1nc(-c2ccccc2)n(C)c1=S. The Morgan fingerprint density at radius 1 is 1.23 bits per heavy atom. The number of hydrogen-bond donors (Lipinski definition) is 0. The van der Waals surface area contributed by atoms with Crippen LogP contribution in [0.3, 0.4) is 0 Å². The van der Waals surface area contributed by atoms with Crippen LogP contribution in [0.15, 0.2) is 30.3 Å². The second-order valence-corrected chi connectivity index (χ2v) is 6.41. The van der Waals surface area contributed by atoms with Crippen molar-refractivity contribution in [3.05, 3.63) is 35.1 Å². The maximum Gasteiger partial charge on any atom is 0.199 e. The minimum absolute atomic E-state index is 0.665. The van der Waals surface area contributed by atoms with Crippen molar-refractivity contribution in [2.24, 2.45) is 7.05 Å². The highest BCUT2D eigenvalue weighted by Crippen LogP contribution is 2.21. The lowest BCUT2D eigenvalue weighted by atomic mass is 10.0. The molecule has 3 rings (SSSR count). The molecule has 4 nitrogen and oxygen atoms in total. The minimum Gasteiger partial charge on any atom is -0.303 e. The predicted octanol–water partition coefficient (Wildman–Crippen LogP) is 3.84. The van der Waals surface area contributed by atoms with Crippen LogP contribution in [0.2, 0.25) is 0 Å². The summed E-state index contributed by atoms with van der Waals surface area (Å²) in [6, 6.07) is 10.9. The predicted molar refractivity (Wildman–Crippen MR) is 92.1 cm³/mol. The van der Waals surface area contributed by atoms with Crippen LogP contribution in [-0.2, 0) is 13.7 Å². The number of rotatable bonds is 4. The smallest absolute Gasteiger partial charge is 0.199 e. The fraction of sp³-hybridized carbons (Fsp3) is 0.529. The van der Waals surface area contributed by atoms with Gasteiger partial charge in [0.1, 0.15) is 0 Å². The second kappa shape index (κ2) is 6.75. The van der Waals surface area contributed by atoms with E-state index in [9.17, 15) is 0 Å². The molecule has 118 valence electrons. The van der Waals surface area contributed by atoms with Gasteiger partial charge >= 0.3 is 0 Å². The van der Waals surface area contributed by atoms with Crippen molar-refractivity contribution in [3.63, 3.8) is 0 Å². The van der Waals surface area contributed by atoms with Crippen molar-refractivity contribution in [2.75, 3.05) is 6.54 Å². The number of benzene rings is 1. The van der Waals surface area contributed by atoms with Gasteiger partial charge in [0.25, 0.3) is 0 Å². The van der Waals surface area contributed by atoms with E-state index in [0.717, 1.165) is 29.4 Å². The molecular weight excluding hydrogens is 292 g/mol. The summed E-state index contributed by atoms with van der Waals surface area (Å²) in [7, 11) is 2.00. The van der Waals surface area contributed by atoms with Crippen LogP contribution in [-0.4, -0.2) is 31.8 Å². The monoisotopic (exact) mass is 316 g/mol. The molecule has 0 saturated carbocycles. The van der Waals surface area contributed by atoms with E-state index in [2.05, 4.69) is 24.0 Å². The van der Waals surface area contributed by atoms with E-state index in [1.54, 1.807) is 0 Å². The van der Waals surface area contributed by atoms with Gasteiger partial charge in [-0.3, -0.25) is 4.90 Å². The Balaban J connectivity index is 1.87. The van der Waals surface area contributed by atoms with E-state index in [-0.39, 0.29) is 0 Å². The van der Waals surface area contributed by atoms with Gasteiger partial charge in [-0.25, -0.2) is 4.68 Å². The Labute approximate surface area is 137 Å². The third kappa shape index (κ3) is 3.01. The van der Waals surface area contributed by atoms with Gasteiger partial charge < -0.3 is 4.57 Å². The average Bonchev–Trinajstić information content (AvgIpc) is 2.85. The zero-order valence-electron chi connectivity index (χ0n) is 13.4. The molecule has 0 amide bonds. The molecule has 1 atom stereocenters. The molecule has 1 aromatic heterocycles. The van der Waals surface area contributed by atoms with Crippen molar-refractivity contribution in [1.82, 2.24) is 19.2 Å². The summed E-state index contributed by atoms with van der Waals surface area (Å²) < 4.78 is 4.78. The molecule has 1 saturated heterocycles. The summed E-state index contributed by atoms with van der Waals surface area (Å²) in [5, 5.41) is 4.78. The second-order valence-electron chi connectivity index (χ2n) is 6.04. The lowest BCUT2D eigenvalue weighted by molar-refractivity contribution is 0.100. The lowest BCUT2D eigenvalue weighted by Crippen LogP contribution is -2.40. The molecule has 0 bridgehead atoms. The van der Waals surface area contributed by atoms with Gasteiger partial charge in [-0.2, -0.15) is 5.10 Å². The maximum absolute atomic E-state index is 5.59. The van der Waals surface area contributed by atoms with E-state index in [4.69, 9.17) is 17.3 Å². The molecule has 2 aromatic rings. The Kier molecular flexibility index (Phi) is 4.74. The number of nitrogens with zero attached hydrogens (tertiary/aromatic N) is 4. The molecule has 1 aliphatic heterocycles. The first-order valence-electron chi connectivity index (χ1n) is 8.14. The van der Waals surface area contributed by atoms with Crippen molar-refractivity contribution >= 4 is 12.2 Å². The Bertz CT molecular complexity index is 674. The number of likely N-dealkylation sites (tertiary alicyclic amines) is 1. The van der Waals surface area contributed by atoms with Crippen molar-refractivity contribution in [2.45, 2.75) is 45.3 Å². The first-order chi connectivity index (χ1) is 10.7. The van der Waals surface area contributed by atoms with Gasteiger partial charge in [0.05, 0.1) is 6.67 Å². The molecule has 2 heterocycles. The Morgan fingerprint density at radius 3 is 2.73 bits per heavy atom. The van der Waals surface area contributed by atoms with Crippen LogP contribution in [0.4, 0.5) is 0 Å². The Morgan fingerprint density at radius 2 is 2.00 bits per heavy atom. The number of hydrogen-bond acceptors (Lipinski definition) is 3. The third-order valence-corrected chi connectivity index (χ3v) is 5.09. The molecule has 0 N–H and O–H groups in total. The summed E-state index contributed by atoms with van der Waals surface area (Å²) in [6.07, 6.45) is 5.12. The summed E-state index contributed by atoms with van der Waals surface area (Å²) in [5.74, 6) is 0.940. The first-order valence-corrected chi connectivity index (χ1v) is 8.55. The fourth-order valence-corrected chi connectivity index (χ4v) is 3.48. The van der Waals surface area contributed by atoms with Crippen LogP contribution in [0, 0.1) is 4.77 Å². The van der Waals surface area contributed by atoms with Crippen LogP contribution in [0.5, 0.6) is 0 Å². The van der Waals surface area contributed by atoms with Gasteiger partial charge in [-0.15, -0.1) is 0 Å². The maximum atomic E-state index is 5.59. The van der Waals surface area contributed by atoms with E-state index >= 15 is 0 Å². The van der Waals surface area contributed by atoms with E-state index in [1.807, 2.05) is 34.5 Å². The van der Waals surface area contributed by atoms with Crippen molar-refractivity contribution in [1.29, 1.82) is 0 Å². The van der Waals surface area contributed by atoms with Gasteiger partial charge in [0.2, 0.25) is 0 Å². The molecule has 5 heteroatoms. The van der Waals surface area contributed by atoms with Crippen LogP contribution >= 0.6 is 12.2 Å². The summed E-state index contributed by atoms with van der Waals surface area (Å²) in [6.45, 7) is 4.23. The summed E-state index contributed by atoms with van der Waals surface area (Å²) >= 11 is 5.59. The fourth-order valence-electron chi connectivity index (χ4n) is 3.30. The normalized spacial score (nSPS) is 19.5. The van der Waals surface area contributed by atoms with Crippen LogP contribution in [0.25, 0.3) is 11.4 Å². The highest BCUT2D eigenvalue weighted by atomic mass is 32.1. The van der Waals surface area contributed by atoms with Gasteiger partial charge in [-0.1, -0.05) is 43.7 Å². The van der Waals surface area contributed by atoms with E-state index in [1.165, 1.54) is 25.7 Å². The molecule has 0 spiro atoms. The van der Waals surface area contributed by atoms with E-state index in [0.29, 0.717) is 6.04 Å². The standard InChI is InChI=1S/C17H24N4S/c1-3-15-11-7-8-12-20(15)13-21-17(22)19(2)16(18-21)14-9-5-4-6-10-14/h4-6,9-10,15H,3,7-8,11-13H2,1-2H3/t15-/m0/s1. The molecule has 22 heavy (non-hydrogen) atoms. The molecule has 0 radical (unpaired) electrons. The Hall–Kier alpha value is -1.46. The molecule has 1 aliphatic rings. The van der Waals surface area contributed by atoms with E-state index < -0.39 is 0 Å². The minimum atomic E-state index is 0.665. The average molecular weight is 316 g/mol. The van der Waals surface area contributed by atoms with Gasteiger partial charge in [0, 0.05) is 25.2 Å². The first kappa shape index (κ1) is 15.4. The topological polar surface area (TPSA) is 26.0 Å². The van der Waals surface area contributed by atoms with Gasteiger partial charge in [0.15, 0.2) is 10.6 Å². The van der Waals surface area contributed by atoms with Crippen molar-refractivity contribution < 1.29 is 0 Å². The van der Waals surface area contributed by atoms with Crippen LogP contribution in [0.1, 0.15) is 32.6 Å². The quantitative estimate of drug-likeness (QED) is 0.802. The molecule has 1 fully saturated rings. The molecular formula is C17H24N4S. The summed E-state index contributed by atoms with van der Waals surface area (Å²) in [4.78, 5) is 2.53. The third-order valence-electron chi connectivity index (χ3n) is 4.61. The van der Waals surface area contributed by atoms with Crippen LogP contribution < -0.4 is 0 Å². The highest BCUT2D eigenvalue weighted by Gasteiger charge is 2.22. The van der Waals surface area contributed by atoms with Gasteiger partial charge in [-0.05, 0) is 31.5 Å². The highest BCUT2D eigenvalue weighted by molar-refractivity contribution is 7.71.